The summed E-state index contributed by atoms with van der Waals surface area (Å²) in [5.74, 6) is -3.83. The van der Waals surface area contributed by atoms with Crippen molar-refractivity contribution in [3.8, 4) is 11.5 Å². The summed E-state index contributed by atoms with van der Waals surface area (Å²) in [5.41, 5.74) is -0.0926. The zero-order valence-electron chi connectivity index (χ0n) is 29.6. The Morgan fingerprint density at radius 3 is 1.39 bits per heavy atom. The summed E-state index contributed by atoms with van der Waals surface area (Å²) in [6, 6.07) is 20.7. The SMILES string of the molecule is CCOC(=O)C(C)(Cc1ccc(OC(=O)c2ccc(CO[N+](=O)[O-])cc2)c(OC(=O)c2ccc(CO[N+](=O)[O-])cc2)c1)NC(=O)c1ccc(CO[N+](=O)[O-])cc1. The average Bonchev–Trinajstić information content (AvgIpc) is 3.17. The summed E-state index contributed by atoms with van der Waals surface area (Å²) in [6.45, 7) is 1.88. The van der Waals surface area contributed by atoms with Crippen molar-refractivity contribution < 1.29 is 63.2 Å². The van der Waals surface area contributed by atoms with Gasteiger partial charge in [-0.25, -0.2) is 14.4 Å². The zero-order valence-corrected chi connectivity index (χ0v) is 29.6. The second-order valence-electron chi connectivity index (χ2n) is 11.8. The van der Waals surface area contributed by atoms with Crippen LogP contribution in [0.25, 0.3) is 0 Å². The van der Waals surface area contributed by atoms with E-state index in [1.807, 2.05) is 0 Å². The molecule has 1 N–H and O–H groups in total. The number of hydrogen-bond donors (Lipinski definition) is 1. The molecule has 0 saturated heterocycles. The number of nitrogens with one attached hydrogen (secondary N) is 1. The molecule has 4 rings (SSSR count). The van der Waals surface area contributed by atoms with Crippen LogP contribution in [-0.4, -0.2) is 51.2 Å². The Morgan fingerprint density at radius 1 is 0.589 bits per heavy atom. The highest BCUT2D eigenvalue weighted by atomic mass is 17.0. The molecule has 56 heavy (non-hydrogen) atoms. The minimum Gasteiger partial charge on any atom is -0.464 e. The van der Waals surface area contributed by atoms with Gasteiger partial charge in [0.15, 0.2) is 11.5 Å². The van der Waals surface area contributed by atoms with Crippen LogP contribution in [-0.2, 0) is 50.3 Å². The Bertz CT molecular complexity index is 2090. The van der Waals surface area contributed by atoms with Gasteiger partial charge in [0, 0.05) is 12.0 Å². The van der Waals surface area contributed by atoms with E-state index in [1.165, 1.54) is 97.9 Å². The zero-order chi connectivity index (χ0) is 40.8. The number of esters is 3. The van der Waals surface area contributed by atoms with Gasteiger partial charge in [0.25, 0.3) is 21.2 Å². The molecule has 1 amide bonds. The molecule has 0 bridgehead atoms. The highest BCUT2D eigenvalue weighted by molar-refractivity contribution is 5.98. The predicted molar refractivity (Wildman–Crippen MR) is 187 cm³/mol. The molecule has 0 spiro atoms. The third-order valence-electron chi connectivity index (χ3n) is 7.69. The van der Waals surface area contributed by atoms with Gasteiger partial charge in [-0.15, -0.1) is 30.3 Å². The fourth-order valence-electron chi connectivity index (χ4n) is 4.94. The lowest BCUT2D eigenvalue weighted by Gasteiger charge is -2.29. The first-order chi connectivity index (χ1) is 26.6. The summed E-state index contributed by atoms with van der Waals surface area (Å²) in [6.07, 6.45) is -0.232. The fourth-order valence-corrected chi connectivity index (χ4v) is 4.94. The Morgan fingerprint density at radius 2 is 0.982 bits per heavy atom. The van der Waals surface area contributed by atoms with Crippen molar-refractivity contribution in [3.63, 3.8) is 0 Å². The predicted octanol–water partition coefficient (Wildman–Crippen LogP) is 4.54. The molecule has 0 fully saturated rings. The van der Waals surface area contributed by atoms with Gasteiger partial charge in [-0.3, -0.25) is 4.79 Å². The monoisotopic (exact) mass is 776 g/mol. The van der Waals surface area contributed by atoms with Crippen LogP contribution in [0.4, 0.5) is 0 Å². The number of carbonyl (C=O) groups is 4. The first kappa shape index (κ1) is 41.1. The Balaban J connectivity index is 1.62. The quantitative estimate of drug-likeness (QED) is 0.0592. The number of rotatable bonds is 19. The average molecular weight is 777 g/mol. The number of amides is 1. The third kappa shape index (κ3) is 11.9. The van der Waals surface area contributed by atoms with E-state index in [4.69, 9.17) is 14.2 Å². The maximum atomic E-state index is 13.3. The topological polar surface area (TPSA) is 265 Å². The molecule has 0 aliphatic carbocycles. The van der Waals surface area contributed by atoms with Crippen LogP contribution in [0.5, 0.6) is 11.5 Å². The van der Waals surface area contributed by atoms with E-state index in [9.17, 15) is 49.5 Å². The molecule has 1 unspecified atom stereocenters. The van der Waals surface area contributed by atoms with E-state index in [0.717, 1.165) is 0 Å². The Kier molecular flexibility index (Phi) is 13.9. The summed E-state index contributed by atoms with van der Waals surface area (Å²) in [7, 11) is 0. The molecule has 0 saturated carbocycles. The van der Waals surface area contributed by atoms with Gasteiger partial charge in [-0.1, -0.05) is 42.5 Å². The van der Waals surface area contributed by atoms with Crippen molar-refractivity contribution in [3.05, 3.63) is 160 Å². The second kappa shape index (κ2) is 18.9. The van der Waals surface area contributed by atoms with E-state index < -0.39 is 44.6 Å². The second-order valence-corrected chi connectivity index (χ2v) is 11.8. The Hall–Kier alpha value is -7.64. The van der Waals surface area contributed by atoms with Gasteiger partial charge in [0.1, 0.15) is 25.4 Å². The normalized spacial score (nSPS) is 11.5. The number of carbonyl (C=O) groups excluding carboxylic acids is 4. The van der Waals surface area contributed by atoms with Gasteiger partial charge in [0.05, 0.1) is 17.7 Å². The van der Waals surface area contributed by atoms with Crippen LogP contribution in [0.1, 0.15) is 67.2 Å². The Labute approximate surface area is 316 Å². The van der Waals surface area contributed by atoms with Crippen LogP contribution < -0.4 is 14.8 Å². The maximum absolute atomic E-state index is 13.3. The van der Waals surface area contributed by atoms with Gasteiger partial charge in [0.2, 0.25) is 0 Å². The highest BCUT2D eigenvalue weighted by Gasteiger charge is 2.37. The summed E-state index contributed by atoms with van der Waals surface area (Å²) >= 11 is 0. The summed E-state index contributed by atoms with van der Waals surface area (Å²) in [4.78, 5) is 97.7. The van der Waals surface area contributed by atoms with Crippen molar-refractivity contribution in [2.75, 3.05) is 6.61 Å². The minimum absolute atomic E-state index is 0.00431. The molecule has 4 aromatic rings. The van der Waals surface area contributed by atoms with Gasteiger partial charge >= 0.3 is 17.9 Å². The van der Waals surface area contributed by atoms with Gasteiger partial charge in [-0.05, 0) is 84.6 Å². The molecule has 20 heteroatoms. The molecule has 0 aromatic heterocycles. The molecule has 20 nitrogen and oxygen atoms in total. The van der Waals surface area contributed by atoms with Crippen LogP contribution >= 0.6 is 0 Å². The third-order valence-corrected chi connectivity index (χ3v) is 7.69. The van der Waals surface area contributed by atoms with Crippen LogP contribution in [0.3, 0.4) is 0 Å². The number of ether oxygens (including phenoxy) is 3. The molecule has 0 radical (unpaired) electrons. The number of benzene rings is 4. The maximum Gasteiger partial charge on any atom is 0.343 e. The molecular formula is C36H32N4O16. The highest BCUT2D eigenvalue weighted by Crippen LogP contribution is 2.32. The lowest BCUT2D eigenvalue weighted by molar-refractivity contribution is -0.763. The molecule has 292 valence electrons. The van der Waals surface area contributed by atoms with E-state index >= 15 is 0 Å². The van der Waals surface area contributed by atoms with Crippen LogP contribution in [0.2, 0.25) is 0 Å². The van der Waals surface area contributed by atoms with E-state index in [2.05, 4.69) is 19.8 Å². The van der Waals surface area contributed by atoms with Crippen LogP contribution in [0, 0.1) is 30.3 Å². The van der Waals surface area contributed by atoms with E-state index in [1.54, 1.807) is 6.92 Å². The van der Waals surface area contributed by atoms with Crippen molar-refractivity contribution in [2.45, 2.75) is 45.6 Å². The molecule has 0 aliphatic rings. The number of nitrogens with zero attached hydrogens (tertiary/aromatic N) is 3. The standard InChI is InChI=1S/C36H32N4O16/c1-3-51-35(44)36(2,37-32(41)27-11-4-23(5-12-27)20-52-38(45)46)19-26-10-17-30(55-33(42)28-13-6-24(7-14-28)21-53-39(47)48)31(18-26)56-34(43)29-15-8-25(9-16-29)22-54-40(49)50/h4-18H,3,19-22H2,1-2H3,(H,37,41). The summed E-state index contributed by atoms with van der Waals surface area (Å²) < 4.78 is 16.5. The van der Waals surface area contributed by atoms with Crippen molar-refractivity contribution in [1.82, 2.24) is 5.32 Å². The largest absolute Gasteiger partial charge is 0.464 e. The summed E-state index contributed by atoms with van der Waals surface area (Å²) in [5, 5.41) is 31.4. The number of hydrogen-bond acceptors (Lipinski definition) is 16. The molecule has 1 atom stereocenters. The molecule has 4 aromatic carbocycles. The van der Waals surface area contributed by atoms with Crippen molar-refractivity contribution in [1.29, 1.82) is 0 Å². The minimum atomic E-state index is -1.72. The van der Waals surface area contributed by atoms with E-state index in [-0.39, 0.29) is 61.0 Å². The van der Waals surface area contributed by atoms with E-state index in [0.29, 0.717) is 22.3 Å². The van der Waals surface area contributed by atoms with Gasteiger partial charge < -0.3 is 34.0 Å². The van der Waals surface area contributed by atoms with Crippen LogP contribution in [0.15, 0.2) is 91.0 Å². The molecule has 0 heterocycles. The lowest BCUT2D eigenvalue weighted by Crippen LogP contribution is -2.54. The fraction of sp³-hybridized carbons (Fsp3) is 0.222. The van der Waals surface area contributed by atoms with Gasteiger partial charge in [-0.2, -0.15) is 0 Å². The van der Waals surface area contributed by atoms with Crippen molar-refractivity contribution >= 4 is 23.8 Å². The van der Waals surface area contributed by atoms with Crippen molar-refractivity contribution in [2.24, 2.45) is 0 Å². The first-order valence-corrected chi connectivity index (χ1v) is 16.3. The molecular weight excluding hydrogens is 744 g/mol. The first-order valence-electron chi connectivity index (χ1n) is 16.3. The smallest absolute Gasteiger partial charge is 0.343 e. The lowest BCUT2D eigenvalue weighted by atomic mass is 9.92. The molecule has 0 aliphatic heterocycles.